The van der Waals surface area contributed by atoms with Crippen LogP contribution in [0, 0.1) is 6.92 Å². The predicted octanol–water partition coefficient (Wildman–Crippen LogP) is 1.76. The van der Waals surface area contributed by atoms with Gasteiger partial charge in [-0.15, -0.1) is 0 Å². The van der Waals surface area contributed by atoms with E-state index in [0.717, 1.165) is 18.8 Å². The summed E-state index contributed by atoms with van der Waals surface area (Å²) in [5.41, 5.74) is 9.12. The van der Waals surface area contributed by atoms with Gasteiger partial charge in [0.15, 0.2) is 0 Å². The Morgan fingerprint density at radius 2 is 1.66 bits per heavy atom. The van der Waals surface area contributed by atoms with Crippen LogP contribution in [0.5, 0.6) is 0 Å². The van der Waals surface area contributed by atoms with Gasteiger partial charge in [0.1, 0.15) is 11.8 Å². The second-order valence-electron chi connectivity index (χ2n) is 7.47. The van der Waals surface area contributed by atoms with Crippen molar-refractivity contribution in [1.82, 2.24) is 4.90 Å². The maximum absolute atomic E-state index is 13.0. The minimum Gasteiger partial charge on any atom is -0.368 e. The van der Waals surface area contributed by atoms with Gasteiger partial charge < -0.3 is 15.5 Å². The predicted molar refractivity (Wildman–Crippen MR) is 114 cm³/mol. The maximum Gasteiger partial charge on any atom is 0.270 e. The normalized spacial score (nSPS) is 19.3. The van der Waals surface area contributed by atoms with Crippen LogP contribution in [-0.4, -0.2) is 54.6 Å². The first-order valence-corrected chi connectivity index (χ1v) is 9.85. The third-order valence-electron chi connectivity index (χ3n) is 5.44. The molecule has 0 spiro atoms. The number of aryl methyl sites for hydroxylation is 1. The van der Waals surface area contributed by atoms with E-state index in [4.69, 9.17) is 5.73 Å². The van der Waals surface area contributed by atoms with Gasteiger partial charge in [0, 0.05) is 38.3 Å². The molecule has 2 N–H and O–H groups in total. The molecule has 0 saturated carbocycles. The van der Waals surface area contributed by atoms with Crippen LogP contribution in [0.4, 0.5) is 11.4 Å². The number of nitrogens with zero attached hydrogens (tertiary/aromatic N) is 4. The van der Waals surface area contributed by atoms with Crippen LogP contribution in [0.3, 0.4) is 0 Å². The summed E-state index contributed by atoms with van der Waals surface area (Å²) < 4.78 is 0. The summed E-state index contributed by atoms with van der Waals surface area (Å²) in [6.07, 6.45) is 0.237. The highest BCUT2D eigenvalue weighted by molar-refractivity contribution is 6.40. The van der Waals surface area contributed by atoms with Crippen LogP contribution in [-0.2, 0) is 9.59 Å². The largest absolute Gasteiger partial charge is 0.368 e. The van der Waals surface area contributed by atoms with E-state index in [-0.39, 0.29) is 12.3 Å². The smallest absolute Gasteiger partial charge is 0.270 e. The number of hydrogen-bond donors (Lipinski definition) is 1. The van der Waals surface area contributed by atoms with E-state index in [9.17, 15) is 9.59 Å². The highest BCUT2D eigenvalue weighted by atomic mass is 16.2. The van der Waals surface area contributed by atoms with Crippen molar-refractivity contribution >= 4 is 28.9 Å². The second kappa shape index (κ2) is 7.95. The fourth-order valence-corrected chi connectivity index (χ4v) is 3.85. The topological polar surface area (TPSA) is 82.2 Å². The van der Waals surface area contributed by atoms with E-state index >= 15 is 0 Å². The monoisotopic (exact) mass is 391 g/mol. The van der Waals surface area contributed by atoms with Crippen LogP contribution in [0.25, 0.3) is 0 Å². The SMILES string of the molecule is Cc1cccc(N2CCN(C(=O)C3=NN(c4ccccc4)C(C(N)=O)C3)CC2)c1. The summed E-state index contributed by atoms with van der Waals surface area (Å²) in [5.74, 6) is -0.594. The number of amides is 2. The molecule has 2 aliphatic heterocycles. The third-order valence-corrected chi connectivity index (χ3v) is 5.44. The molecule has 1 atom stereocenters. The third kappa shape index (κ3) is 3.94. The molecule has 1 unspecified atom stereocenters. The number of benzene rings is 2. The van der Waals surface area contributed by atoms with Gasteiger partial charge in [-0.3, -0.25) is 14.6 Å². The van der Waals surface area contributed by atoms with Crippen molar-refractivity contribution in [1.29, 1.82) is 0 Å². The van der Waals surface area contributed by atoms with Gasteiger partial charge in [-0.1, -0.05) is 30.3 Å². The zero-order chi connectivity index (χ0) is 20.4. The Kier molecular flexibility index (Phi) is 5.20. The molecule has 0 radical (unpaired) electrons. The van der Waals surface area contributed by atoms with E-state index in [1.54, 1.807) is 5.01 Å². The molecule has 2 amide bonds. The van der Waals surface area contributed by atoms with Crippen LogP contribution >= 0.6 is 0 Å². The van der Waals surface area contributed by atoms with Gasteiger partial charge in [0.05, 0.1) is 5.69 Å². The fourth-order valence-electron chi connectivity index (χ4n) is 3.85. The summed E-state index contributed by atoms with van der Waals surface area (Å²) in [6.45, 7) is 4.86. The van der Waals surface area contributed by atoms with E-state index < -0.39 is 11.9 Å². The summed E-state index contributed by atoms with van der Waals surface area (Å²) >= 11 is 0. The van der Waals surface area contributed by atoms with E-state index in [1.165, 1.54) is 11.3 Å². The van der Waals surface area contributed by atoms with E-state index in [0.29, 0.717) is 18.8 Å². The first-order chi connectivity index (χ1) is 14.0. The van der Waals surface area contributed by atoms with Gasteiger partial charge in [0.2, 0.25) is 5.91 Å². The molecule has 150 valence electrons. The zero-order valence-electron chi connectivity index (χ0n) is 16.5. The van der Waals surface area contributed by atoms with Crippen molar-refractivity contribution in [3.05, 3.63) is 60.2 Å². The molecule has 1 saturated heterocycles. The molecule has 2 aromatic carbocycles. The number of nitrogens with two attached hydrogens (primary N) is 1. The number of hydrazone groups is 1. The molecule has 0 bridgehead atoms. The standard InChI is InChI=1S/C22H25N5O2/c1-16-6-5-9-18(14-16)25-10-12-26(13-11-25)22(29)19-15-20(21(23)28)27(24-19)17-7-3-2-4-8-17/h2-9,14,20H,10-13,15H2,1H3,(H2,23,28). The number of rotatable bonds is 4. The van der Waals surface area contributed by atoms with Crippen molar-refractivity contribution in [2.45, 2.75) is 19.4 Å². The van der Waals surface area contributed by atoms with E-state index in [1.807, 2.05) is 35.2 Å². The maximum atomic E-state index is 13.0. The molecule has 2 heterocycles. The van der Waals surface area contributed by atoms with Crippen LogP contribution in [0.15, 0.2) is 59.7 Å². The first kappa shape index (κ1) is 19.0. The molecular weight excluding hydrogens is 366 g/mol. The van der Waals surface area contributed by atoms with Gasteiger partial charge in [0.25, 0.3) is 5.91 Å². The second-order valence-corrected chi connectivity index (χ2v) is 7.47. The van der Waals surface area contributed by atoms with E-state index in [2.05, 4.69) is 41.2 Å². The Bertz CT molecular complexity index is 935. The fraction of sp³-hybridized carbons (Fsp3) is 0.318. The highest BCUT2D eigenvalue weighted by Gasteiger charge is 2.37. The van der Waals surface area contributed by atoms with Crippen molar-refractivity contribution < 1.29 is 9.59 Å². The summed E-state index contributed by atoms with van der Waals surface area (Å²) in [5, 5.41) is 6.04. The molecule has 0 aromatic heterocycles. The average Bonchev–Trinajstić information content (AvgIpc) is 3.20. The molecule has 0 aliphatic carbocycles. The van der Waals surface area contributed by atoms with Gasteiger partial charge >= 0.3 is 0 Å². The Morgan fingerprint density at radius 1 is 0.966 bits per heavy atom. The molecule has 7 heteroatoms. The Hall–Kier alpha value is -3.35. The summed E-state index contributed by atoms with van der Waals surface area (Å²) in [4.78, 5) is 29.1. The van der Waals surface area contributed by atoms with Crippen LogP contribution in [0.2, 0.25) is 0 Å². The Labute approximate surface area is 170 Å². The average molecular weight is 391 g/mol. The van der Waals surface area contributed by atoms with Gasteiger partial charge in [-0.2, -0.15) is 5.10 Å². The molecule has 7 nitrogen and oxygen atoms in total. The zero-order valence-corrected chi connectivity index (χ0v) is 16.5. The lowest BCUT2D eigenvalue weighted by molar-refractivity contribution is -0.124. The number of piperazine rings is 1. The number of carbonyl (C=O) groups is 2. The van der Waals surface area contributed by atoms with Crippen LogP contribution in [0.1, 0.15) is 12.0 Å². The quantitative estimate of drug-likeness (QED) is 0.861. The van der Waals surface area contributed by atoms with Crippen molar-refractivity contribution in [2.75, 3.05) is 36.1 Å². The molecule has 29 heavy (non-hydrogen) atoms. The molecule has 1 fully saturated rings. The highest BCUT2D eigenvalue weighted by Crippen LogP contribution is 2.25. The number of carbonyl (C=O) groups excluding carboxylic acids is 2. The van der Waals surface area contributed by atoms with Crippen LogP contribution < -0.4 is 15.6 Å². The number of anilines is 2. The Morgan fingerprint density at radius 3 is 2.31 bits per heavy atom. The van der Waals surface area contributed by atoms with Crippen molar-refractivity contribution in [2.24, 2.45) is 10.8 Å². The molecule has 2 aliphatic rings. The lowest BCUT2D eigenvalue weighted by Crippen LogP contribution is -2.50. The minimum atomic E-state index is -0.634. The number of primary amides is 1. The Balaban J connectivity index is 1.45. The summed E-state index contributed by atoms with van der Waals surface area (Å²) in [7, 11) is 0. The van der Waals surface area contributed by atoms with Gasteiger partial charge in [-0.05, 0) is 36.8 Å². The van der Waals surface area contributed by atoms with Crippen molar-refractivity contribution in [3.8, 4) is 0 Å². The van der Waals surface area contributed by atoms with Crippen molar-refractivity contribution in [3.63, 3.8) is 0 Å². The minimum absolute atomic E-state index is 0.112. The number of para-hydroxylation sites is 1. The molecular formula is C22H25N5O2. The number of hydrogen-bond acceptors (Lipinski definition) is 5. The lowest BCUT2D eigenvalue weighted by Gasteiger charge is -2.36. The molecule has 2 aromatic rings. The summed E-state index contributed by atoms with van der Waals surface area (Å²) in [6, 6.07) is 17.1. The first-order valence-electron chi connectivity index (χ1n) is 9.85. The van der Waals surface area contributed by atoms with Gasteiger partial charge in [-0.25, -0.2) is 0 Å². The molecule has 4 rings (SSSR count). The lowest BCUT2D eigenvalue weighted by atomic mass is 10.1.